The molecular formula is C9H16O. The van der Waals surface area contributed by atoms with Crippen molar-refractivity contribution in [2.45, 2.75) is 39.0 Å². The molecule has 1 N–H and O–H groups in total. The van der Waals surface area contributed by atoms with E-state index >= 15 is 0 Å². The van der Waals surface area contributed by atoms with Gasteiger partial charge in [0.1, 0.15) is 0 Å². The van der Waals surface area contributed by atoms with E-state index < -0.39 is 0 Å². The average Bonchev–Trinajstić information content (AvgIpc) is 1.97. The third-order valence-corrected chi connectivity index (χ3v) is 1.21. The summed E-state index contributed by atoms with van der Waals surface area (Å²) < 4.78 is 0. The van der Waals surface area contributed by atoms with E-state index in [0.717, 1.165) is 32.1 Å². The Labute approximate surface area is 63.5 Å². The molecule has 0 bridgehead atoms. The SMILES string of the molecule is CCCC#CCCCCO. The molecule has 0 unspecified atom stereocenters. The lowest BCUT2D eigenvalue weighted by molar-refractivity contribution is 0.285. The maximum atomic E-state index is 8.42. The molecule has 10 heavy (non-hydrogen) atoms. The minimum absolute atomic E-state index is 0.301. The molecule has 0 aliphatic carbocycles. The van der Waals surface area contributed by atoms with Crippen molar-refractivity contribution in [3.05, 3.63) is 0 Å². The van der Waals surface area contributed by atoms with Crippen LogP contribution in [0.3, 0.4) is 0 Å². The molecule has 0 fully saturated rings. The molecule has 1 heteroatoms. The van der Waals surface area contributed by atoms with Crippen LogP contribution >= 0.6 is 0 Å². The molecule has 0 rings (SSSR count). The highest BCUT2D eigenvalue weighted by Gasteiger charge is 1.80. The highest BCUT2D eigenvalue weighted by Crippen LogP contribution is 1.92. The molecule has 0 aromatic carbocycles. The van der Waals surface area contributed by atoms with Gasteiger partial charge in [-0.15, -0.1) is 11.8 Å². The van der Waals surface area contributed by atoms with Gasteiger partial charge >= 0.3 is 0 Å². The van der Waals surface area contributed by atoms with Gasteiger partial charge < -0.3 is 5.11 Å². The van der Waals surface area contributed by atoms with Crippen LogP contribution in [-0.4, -0.2) is 11.7 Å². The lowest BCUT2D eigenvalue weighted by Crippen LogP contribution is -1.80. The van der Waals surface area contributed by atoms with Gasteiger partial charge in [-0.1, -0.05) is 6.92 Å². The third-order valence-electron chi connectivity index (χ3n) is 1.21. The Bertz CT molecular complexity index is 108. The number of aliphatic hydroxyl groups is 1. The van der Waals surface area contributed by atoms with E-state index in [2.05, 4.69) is 18.8 Å². The summed E-state index contributed by atoms with van der Waals surface area (Å²) in [4.78, 5) is 0. The van der Waals surface area contributed by atoms with Gasteiger partial charge in [0.2, 0.25) is 0 Å². The second kappa shape index (κ2) is 8.52. The lowest BCUT2D eigenvalue weighted by atomic mass is 10.2. The minimum atomic E-state index is 0.301. The van der Waals surface area contributed by atoms with Crippen LogP contribution in [0.25, 0.3) is 0 Å². The molecule has 0 aliphatic rings. The second-order valence-corrected chi connectivity index (χ2v) is 2.28. The lowest BCUT2D eigenvalue weighted by Gasteiger charge is -1.87. The Hall–Kier alpha value is -0.480. The van der Waals surface area contributed by atoms with Crippen LogP contribution in [0.5, 0.6) is 0 Å². The van der Waals surface area contributed by atoms with Gasteiger partial charge in [0, 0.05) is 19.4 Å². The fourth-order valence-corrected chi connectivity index (χ4v) is 0.627. The van der Waals surface area contributed by atoms with E-state index in [9.17, 15) is 0 Å². The monoisotopic (exact) mass is 140 g/mol. The summed E-state index contributed by atoms with van der Waals surface area (Å²) in [5, 5.41) is 8.42. The van der Waals surface area contributed by atoms with E-state index in [-0.39, 0.29) is 0 Å². The molecule has 0 aromatic rings. The Kier molecular flexibility index (Phi) is 8.11. The van der Waals surface area contributed by atoms with Crippen LogP contribution in [0.15, 0.2) is 0 Å². The summed E-state index contributed by atoms with van der Waals surface area (Å²) >= 11 is 0. The van der Waals surface area contributed by atoms with Crippen molar-refractivity contribution in [2.75, 3.05) is 6.61 Å². The van der Waals surface area contributed by atoms with E-state index in [0.29, 0.717) is 6.61 Å². The summed E-state index contributed by atoms with van der Waals surface area (Å²) in [6.45, 7) is 2.43. The Morgan fingerprint density at radius 1 is 1.10 bits per heavy atom. The first-order valence-corrected chi connectivity index (χ1v) is 3.98. The molecule has 0 saturated carbocycles. The molecule has 0 atom stereocenters. The van der Waals surface area contributed by atoms with Crippen molar-refractivity contribution < 1.29 is 5.11 Å². The van der Waals surface area contributed by atoms with Crippen LogP contribution in [-0.2, 0) is 0 Å². The van der Waals surface area contributed by atoms with E-state index in [1.807, 2.05) is 0 Å². The summed E-state index contributed by atoms with van der Waals surface area (Å²) in [5.74, 6) is 6.12. The smallest absolute Gasteiger partial charge is 0.0431 e. The number of aliphatic hydroxyl groups excluding tert-OH is 1. The molecule has 0 heterocycles. The maximum Gasteiger partial charge on any atom is 0.0431 e. The van der Waals surface area contributed by atoms with Crippen molar-refractivity contribution >= 4 is 0 Å². The summed E-state index contributed by atoms with van der Waals surface area (Å²) in [6, 6.07) is 0. The highest BCUT2D eigenvalue weighted by atomic mass is 16.2. The fourth-order valence-electron chi connectivity index (χ4n) is 0.627. The van der Waals surface area contributed by atoms with Crippen molar-refractivity contribution in [3.8, 4) is 11.8 Å². The summed E-state index contributed by atoms with van der Waals surface area (Å²) in [7, 11) is 0. The fraction of sp³-hybridized carbons (Fsp3) is 0.778. The number of unbranched alkanes of at least 4 members (excludes halogenated alkanes) is 3. The topological polar surface area (TPSA) is 20.2 Å². The summed E-state index contributed by atoms with van der Waals surface area (Å²) in [6.07, 6.45) is 5.03. The van der Waals surface area contributed by atoms with Gasteiger partial charge in [-0.05, 0) is 19.3 Å². The van der Waals surface area contributed by atoms with Crippen LogP contribution < -0.4 is 0 Å². The molecule has 0 saturated heterocycles. The molecule has 0 spiro atoms. The van der Waals surface area contributed by atoms with Gasteiger partial charge in [0.05, 0.1) is 0 Å². The molecule has 0 aromatic heterocycles. The minimum Gasteiger partial charge on any atom is -0.396 e. The van der Waals surface area contributed by atoms with E-state index in [1.54, 1.807) is 0 Å². The van der Waals surface area contributed by atoms with Crippen LogP contribution in [0.1, 0.15) is 39.0 Å². The van der Waals surface area contributed by atoms with Gasteiger partial charge in [-0.3, -0.25) is 0 Å². The van der Waals surface area contributed by atoms with Gasteiger partial charge in [-0.25, -0.2) is 0 Å². The molecule has 0 radical (unpaired) electrons. The molecular weight excluding hydrogens is 124 g/mol. The Morgan fingerprint density at radius 2 is 1.80 bits per heavy atom. The standard InChI is InChI=1S/C9H16O/c1-2-3-4-5-6-7-8-9-10/h10H,2-3,6-9H2,1H3. The third kappa shape index (κ3) is 7.52. The molecule has 0 aliphatic heterocycles. The van der Waals surface area contributed by atoms with Crippen LogP contribution in [0.2, 0.25) is 0 Å². The summed E-state index contributed by atoms with van der Waals surface area (Å²) in [5.41, 5.74) is 0. The first kappa shape index (κ1) is 9.52. The van der Waals surface area contributed by atoms with E-state index in [4.69, 9.17) is 5.11 Å². The molecule has 0 amide bonds. The van der Waals surface area contributed by atoms with Crippen molar-refractivity contribution in [1.82, 2.24) is 0 Å². The quantitative estimate of drug-likeness (QED) is 0.467. The van der Waals surface area contributed by atoms with Crippen LogP contribution in [0, 0.1) is 11.8 Å². The van der Waals surface area contributed by atoms with Crippen molar-refractivity contribution in [2.24, 2.45) is 0 Å². The second-order valence-electron chi connectivity index (χ2n) is 2.28. The largest absolute Gasteiger partial charge is 0.396 e. The zero-order valence-corrected chi connectivity index (χ0v) is 6.69. The van der Waals surface area contributed by atoms with Gasteiger partial charge in [-0.2, -0.15) is 0 Å². The predicted octanol–water partition coefficient (Wildman–Crippen LogP) is 1.95. The zero-order valence-electron chi connectivity index (χ0n) is 6.69. The Morgan fingerprint density at radius 3 is 2.40 bits per heavy atom. The highest BCUT2D eigenvalue weighted by molar-refractivity contribution is 4.98. The Balaban J connectivity index is 2.96. The number of rotatable bonds is 4. The number of hydrogen-bond acceptors (Lipinski definition) is 1. The average molecular weight is 140 g/mol. The van der Waals surface area contributed by atoms with E-state index in [1.165, 1.54) is 0 Å². The van der Waals surface area contributed by atoms with Crippen molar-refractivity contribution in [3.63, 3.8) is 0 Å². The molecule has 58 valence electrons. The normalized spacial score (nSPS) is 8.60. The first-order chi connectivity index (χ1) is 4.91. The maximum absolute atomic E-state index is 8.42. The van der Waals surface area contributed by atoms with Crippen molar-refractivity contribution in [1.29, 1.82) is 0 Å². The number of hydrogen-bond donors (Lipinski definition) is 1. The molecule has 1 nitrogen and oxygen atoms in total. The first-order valence-electron chi connectivity index (χ1n) is 3.98. The predicted molar refractivity (Wildman–Crippen MR) is 43.6 cm³/mol. The zero-order chi connectivity index (χ0) is 7.66. The van der Waals surface area contributed by atoms with Crippen LogP contribution in [0.4, 0.5) is 0 Å². The van der Waals surface area contributed by atoms with Gasteiger partial charge in [0.25, 0.3) is 0 Å². The van der Waals surface area contributed by atoms with Gasteiger partial charge in [0.15, 0.2) is 0 Å².